The van der Waals surface area contributed by atoms with Gasteiger partial charge in [0.25, 0.3) is 0 Å². The van der Waals surface area contributed by atoms with Crippen LogP contribution in [0.1, 0.15) is 43.4 Å². The number of carbonyl (C=O) groups excluding carboxylic acids is 1. The lowest BCUT2D eigenvalue weighted by Crippen LogP contribution is -2.33. The maximum absolute atomic E-state index is 12.5. The molecule has 0 saturated carbocycles. The molecular formula is C22H29ClN2O4S. The minimum atomic E-state index is -3.46. The fraction of sp³-hybridized carbons (Fsp3) is 0.409. The van der Waals surface area contributed by atoms with Crippen molar-refractivity contribution in [3.05, 3.63) is 58.6 Å². The number of nitrogens with zero attached hydrogens (tertiary/aromatic N) is 1. The molecule has 0 spiro atoms. The Hall–Kier alpha value is -2.25. The summed E-state index contributed by atoms with van der Waals surface area (Å²) in [6.07, 6.45) is 2.53. The summed E-state index contributed by atoms with van der Waals surface area (Å²) in [5.74, 6) is 0.697. The van der Waals surface area contributed by atoms with Gasteiger partial charge >= 0.3 is 0 Å². The normalized spacial score (nSPS) is 12.3. The fourth-order valence-electron chi connectivity index (χ4n) is 3.28. The zero-order valence-corrected chi connectivity index (χ0v) is 19.4. The van der Waals surface area contributed by atoms with Crippen LogP contribution in [0.25, 0.3) is 0 Å². The van der Waals surface area contributed by atoms with E-state index in [4.69, 9.17) is 16.3 Å². The van der Waals surface area contributed by atoms with Crippen molar-refractivity contribution in [3.8, 4) is 5.75 Å². The molecule has 0 fully saturated rings. The van der Waals surface area contributed by atoms with Gasteiger partial charge in [-0.25, -0.2) is 8.42 Å². The number of ether oxygens (including phenoxy) is 1. The number of hydrogen-bond acceptors (Lipinski definition) is 4. The van der Waals surface area contributed by atoms with Crippen molar-refractivity contribution in [2.45, 2.75) is 39.2 Å². The summed E-state index contributed by atoms with van der Waals surface area (Å²) in [6.45, 7) is 4.19. The van der Waals surface area contributed by atoms with Crippen LogP contribution in [0, 0.1) is 6.92 Å². The minimum Gasteiger partial charge on any atom is -0.496 e. The SMILES string of the molecule is CCC(NC(=O)CCCN(c1ccc(Cl)cc1)S(C)(=O)=O)c1ccc(OC)c(C)c1. The van der Waals surface area contributed by atoms with Crippen molar-refractivity contribution >= 4 is 33.2 Å². The smallest absolute Gasteiger partial charge is 0.232 e. The summed E-state index contributed by atoms with van der Waals surface area (Å²) in [5, 5.41) is 3.58. The van der Waals surface area contributed by atoms with E-state index in [0.29, 0.717) is 17.1 Å². The summed E-state index contributed by atoms with van der Waals surface area (Å²) in [7, 11) is -1.83. The lowest BCUT2D eigenvalue weighted by atomic mass is 10.0. The summed E-state index contributed by atoms with van der Waals surface area (Å²) in [6, 6.07) is 12.4. The summed E-state index contributed by atoms with van der Waals surface area (Å²) in [5.41, 5.74) is 2.56. The molecule has 1 atom stereocenters. The van der Waals surface area contributed by atoms with Crippen LogP contribution >= 0.6 is 11.6 Å². The standard InChI is InChI=1S/C22H29ClN2O4S/c1-5-20(17-8-13-21(29-3)16(2)15-17)24-22(26)7-6-14-25(30(4,27)28)19-11-9-18(23)10-12-19/h8-13,15,20H,5-7,14H2,1-4H3,(H,24,26). The van der Waals surface area contributed by atoms with Crippen LogP contribution in [0.4, 0.5) is 5.69 Å². The lowest BCUT2D eigenvalue weighted by Gasteiger charge is -2.23. The highest BCUT2D eigenvalue weighted by Crippen LogP contribution is 2.25. The van der Waals surface area contributed by atoms with E-state index in [1.165, 1.54) is 4.31 Å². The van der Waals surface area contributed by atoms with Crippen LogP contribution in [0.5, 0.6) is 5.75 Å². The zero-order valence-electron chi connectivity index (χ0n) is 17.8. The molecule has 0 aliphatic carbocycles. The van der Waals surface area contributed by atoms with Crippen LogP contribution < -0.4 is 14.4 Å². The van der Waals surface area contributed by atoms with E-state index in [1.807, 2.05) is 32.0 Å². The molecule has 1 amide bonds. The molecule has 2 rings (SSSR count). The van der Waals surface area contributed by atoms with Crippen LogP contribution in [0.15, 0.2) is 42.5 Å². The number of halogens is 1. The van der Waals surface area contributed by atoms with Crippen molar-refractivity contribution in [1.29, 1.82) is 0 Å². The van der Waals surface area contributed by atoms with Crippen LogP contribution in [-0.2, 0) is 14.8 Å². The van der Waals surface area contributed by atoms with Crippen molar-refractivity contribution < 1.29 is 17.9 Å². The topological polar surface area (TPSA) is 75.7 Å². The summed E-state index contributed by atoms with van der Waals surface area (Å²) in [4.78, 5) is 12.5. The van der Waals surface area contributed by atoms with E-state index in [-0.39, 0.29) is 24.9 Å². The van der Waals surface area contributed by atoms with Gasteiger partial charge in [0.15, 0.2) is 0 Å². The van der Waals surface area contributed by atoms with Gasteiger partial charge in [-0.1, -0.05) is 30.7 Å². The van der Waals surface area contributed by atoms with E-state index in [2.05, 4.69) is 5.32 Å². The van der Waals surface area contributed by atoms with Gasteiger partial charge in [-0.2, -0.15) is 0 Å². The number of sulfonamides is 1. The second-order valence-corrected chi connectivity index (χ2v) is 9.52. The third-order valence-corrected chi connectivity index (χ3v) is 6.29. The van der Waals surface area contributed by atoms with Crippen molar-refractivity contribution in [2.24, 2.45) is 0 Å². The Kier molecular flexibility index (Phi) is 8.55. The number of rotatable bonds is 10. The number of hydrogen-bond donors (Lipinski definition) is 1. The molecule has 30 heavy (non-hydrogen) atoms. The molecule has 1 N–H and O–H groups in total. The molecule has 0 aliphatic heterocycles. The van der Waals surface area contributed by atoms with Gasteiger partial charge in [0.05, 0.1) is 25.1 Å². The first-order valence-electron chi connectivity index (χ1n) is 9.83. The summed E-state index contributed by atoms with van der Waals surface area (Å²) < 4.78 is 30.9. The molecule has 0 saturated heterocycles. The average Bonchev–Trinajstić information content (AvgIpc) is 2.69. The molecule has 2 aromatic rings. The second-order valence-electron chi connectivity index (χ2n) is 7.17. The third kappa shape index (κ3) is 6.64. The molecule has 2 aromatic carbocycles. The minimum absolute atomic E-state index is 0.107. The van der Waals surface area contributed by atoms with Crippen LogP contribution in [0.3, 0.4) is 0 Å². The zero-order chi connectivity index (χ0) is 22.3. The molecule has 0 heterocycles. The first kappa shape index (κ1) is 24.0. The van der Waals surface area contributed by atoms with Gasteiger partial charge in [-0.05, 0) is 61.2 Å². The number of carbonyl (C=O) groups is 1. The number of aryl methyl sites for hydroxylation is 1. The fourth-order valence-corrected chi connectivity index (χ4v) is 4.37. The van der Waals surface area contributed by atoms with Gasteiger partial charge in [0, 0.05) is 18.0 Å². The molecule has 1 unspecified atom stereocenters. The Morgan fingerprint density at radius 1 is 1.20 bits per heavy atom. The van der Waals surface area contributed by atoms with Crippen molar-refractivity contribution in [3.63, 3.8) is 0 Å². The molecular weight excluding hydrogens is 424 g/mol. The molecule has 0 bridgehead atoms. The first-order valence-corrected chi connectivity index (χ1v) is 12.1. The monoisotopic (exact) mass is 452 g/mol. The van der Waals surface area contributed by atoms with E-state index < -0.39 is 10.0 Å². The first-order chi connectivity index (χ1) is 14.2. The predicted octanol–water partition coefficient (Wildman–Crippen LogP) is 4.47. The Balaban J connectivity index is 1.98. The largest absolute Gasteiger partial charge is 0.496 e. The quantitative estimate of drug-likeness (QED) is 0.577. The Morgan fingerprint density at radius 3 is 2.40 bits per heavy atom. The van der Waals surface area contributed by atoms with Gasteiger partial charge in [0.1, 0.15) is 5.75 Å². The van der Waals surface area contributed by atoms with E-state index in [0.717, 1.165) is 29.6 Å². The molecule has 164 valence electrons. The molecule has 8 heteroatoms. The number of anilines is 1. The number of nitrogens with one attached hydrogen (secondary N) is 1. The highest BCUT2D eigenvalue weighted by atomic mass is 35.5. The molecule has 0 radical (unpaired) electrons. The highest BCUT2D eigenvalue weighted by molar-refractivity contribution is 7.92. The third-order valence-electron chi connectivity index (χ3n) is 4.84. The van der Waals surface area contributed by atoms with Gasteiger partial charge in [0.2, 0.25) is 15.9 Å². The van der Waals surface area contributed by atoms with Crippen LogP contribution in [0.2, 0.25) is 5.02 Å². The lowest BCUT2D eigenvalue weighted by molar-refractivity contribution is -0.121. The van der Waals surface area contributed by atoms with E-state index in [9.17, 15) is 13.2 Å². The van der Waals surface area contributed by atoms with Crippen molar-refractivity contribution in [2.75, 3.05) is 24.2 Å². The molecule has 0 aliphatic rings. The van der Waals surface area contributed by atoms with Gasteiger partial charge in [-0.15, -0.1) is 0 Å². The molecule has 6 nitrogen and oxygen atoms in total. The van der Waals surface area contributed by atoms with Crippen LogP contribution in [-0.4, -0.2) is 34.2 Å². The number of methoxy groups -OCH3 is 1. The average molecular weight is 453 g/mol. The predicted molar refractivity (Wildman–Crippen MR) is 122 cm³/mol. The Labute approximate surface area is 184 Å². The second kappa shape index (κ2) is 10.7. The molecule has 0 aromatic heterocycles. The Bertz CT molecular complexity index is 962. The maximum atomic E-state index is 12.5. The van der Waals surface area contributed by atoms with E-state index >= 15 is 0 Å². The number of benzene rings is 2. The summed E-state index contributed by atoms with van der Waals surface area (Å²) >= 11 is 5.89. The number of amides is 1. The Morgan fingerprint density at radius 2 is 1.87 bits per heavy atom. The maximum Gasteiger partial charge on any atom is 0.232 e. The van der Waals surface area contributed by atoms with Gasteiger partial charge < -0.3 is 10.1 Å². The highest BCUT2D eigenvalue weighted by Gasteiger charge is 2.19. The van der Waals surface area contributed by atoms with Gasteiger partial charge in [-0.3, -0.25) is 9.10 Å². The van der Waals surface area contributed by atoms with Crippen molar-refractivity contribution in [1.82, 2.24) is 5.32 Å². The van der Waals surface area contributed by atoms with E-state index in [1.54, 1.807) is 31.4 Å².